The van der Waals surface area contributed by atoms with E-state index < -0.39 is 27.9 Å². The van der Waals surface area contributed by atoms with Gasteiger partial charge in [-0.3, -0.25) is 4.79 Å². The molecule has 0 aliphatic carbocycles. The van der Waals surface area contributed by atoms with Crippen LogP contribution in [0.3, 0.4) is 0 Å². The van der Waals surface area contributed by atoms with Gasteiger partial charge in [0.15, 0.2) is 0 Å². The zero-order chi connectivity index (χ0) is 22.2. The van der Waals surface area contributed by atoms with Gasteiger partial charge in [0.2, 0.25) is 10.0 Å². The number of carbonyl (C=O) groups is 2. The van der Waals surface area contributed by atoms with Crippen molar-refractivity contribution in [2.45, 2.75) is 10.9 Å². The minimum Gasteiger partial charge on any atom is -0.480 e. The van der Waals surface area contributed by atoms with Crippen LogP contribution in [-0.2, 0) is 14.8 Å². The number of sulfonamides is 1. The number of benzene rings is 3. The molecule has 3 aromatic rings. The van der Waals surface area contributed by atoms with E-state index in [-0.39, 0.29) is 24.5 Å². The second kappa shape index (κ2) is 8.30. The number of rotatable bonds is 4. The Hall–Kier alpha value is -2.94. The number of hydrogen-bond acceptors (Lipinski definition) is 4. The zero-order valence-electron chi connectivity index (χ0n) is 16.3. The molecule has 3 aromatic carbocycles. The molecule has 0 radical (unpaired) electrons. The standard InChI is InChI=1S/C22H19ClN2O5S/c23-18-8-6-17-13-19(9-7-16(17)12-18)31(29,30)24-10-11-25(20(14-24)22(27)28)21(26)15-4-2-1-3-5-15/h1-9,12-13,20H,10-11,14H2,(H,27,28). The van der Waals surface area contributed by atoms with Crippen LogP contribution in [0.15, 0.2) is 71.6 Å². The number of carbonyl (C=O) groups excluding carboxylic acids is 1. The van der Waals surface area contributed by atoms with Crippen molar-refractivity contribution in [3.05, 3.63) is 77.3 Å². The maximum atomic E-state index is 13.2. The van der Waals surface area contributed by atoms with E-state index in [1.54, 1.807) is 54.6 Å². The van der Waals surface area contributed by atoms with Crippen LogP contribution in [0.1, 0.15) is 10.4 Å². The van der Waals surface area contributed by atoms with E-state index in [1.807, 2.05) is 0 Å². The monoisotopic (exact) mass is 458 g/mol. The number of aliphatic carboxylic acids is 1. The molecule has 1 unspecified atom stereocenters. The summed E-state index contributed by atoms with van der Waals surface area (Å²) in [5.74, 6) is -1.69. The highest BCUT2D eigenvalue weighted by atomic mass is 35.5. The Balaban J connectivity index is 1.61. The SMILES string of the molecule is O=C(O)C1CN(S(=O)(=O)c2ccc3cc(Cl)ccc3c2)CCN1C(=O)c1ccccc1. The molecule has 0 saturated carbocycles. The lowest BCUT2D eigenvalue weighted by molar-refractivity contribution is -0.143. The van der Waals surface area contributed by atoms with E-state index in [0.717, 1.165) is 9.69 Å². The highest BCUT2D eigenvalue weighted by Gasteiger charge is 2.40. The first-order chi connectivity index (χ1) is 14.8. The van der Waals surface area contributed by atoms with Gasteiger partial charge in [-0.15, -0.1) is 0 Å². The third-order valence-corrected chi connectivity index (χ3v) is 7.42. The van der Waals surface area contributed by atoms with Gasteiger partial charge in [0.05, 0.1) is 4.90 Å². The van der Waals surface area contributed by atoms with Crippen molar-refractivity contribution in [2.24, 2.45) is 0 Å². The van der Waals surface area contributed by atoms with Crippen molar-refractivity contribution in [1.29, 1.82) is 0 Å². The summed E-state index contributed by atoms with van der Waals surface area (Å²) in [5.41, 5.74) is 0.359. The quantitative estimate of drug-likeness (QED) is 0.648. The molecule has 160 valence electrons. The first-order valence-electron chi connectivity index (χ1n) is 9.56. The summed E-state index contributed by atoms with van der Waals surface area (Å²) in [7, 11) is -3.94. The molecular formula is C22H19ClN2O5S. The fourth-order valence-corrected chi connectivity index (χ4v) is 5.34. The molecule has 1 atom stereocenters. The lowest BCUT2D eigenvalue weighted by atomic mass is 10.1. The smallest absolute Gasteiger partial charge is 0.327 e. The molecule has 9 heteroatoms. The molecule has 1 aliphatic rings. The Bertz CT molecular complexity index is 1260. The number of carboxylic acid groups (broad SMARTS) is 1. The van der Waals surface area contributed by atoms with Gasteiger partial charge in [0, 0.05) is 30.2 Å². The number of piperazine rings is 1. The zero-order valence-corrected chi connectivity index (χ0v) is 17.9. The Morgan fingerprint density at radius 1 is 0.935 bits per heavy atom. The maximum Gasteiger partial charge on any atom is 0.327 e. The van der Waals surface area contributed by atoms with E-state index in [0.29, 0.717) is 16.0 Å². The van der Waals surface area contributed by atoms with Crippen molar-refractivity contribution < 1.29 is 23.1 Å². The van der Waals surface area contributed by atoms with Crippen LogP contribution in [0.2, 0.25) is 5.02 Å². The third-order valence-electron chi connectivity index (χ3n) is 5.32. The summed E-state index contributed by atoms with van der Waals surface area (Å²) in [5, 5.41) is 11.8. The molecule has 1 saturated heterocycles. The predicted octanol–water partition coefficient (Wildman–Crippen LogP) is 3.09. The predicted molar refractivity (Wildman–Crippen MR) is 117 cm³/mol. The number of amides is 1. The van der Waals surface area contributed by atoms with Crippen molar-refractivity contribution in [3.63, 3.8) is 0 Å². The summed E-state index contributed by atoms with van der Waals surface area (Å²) in [6.45, 7) is -0.342. The summed E-state index contributed by atoms with van der Waals surface area (Å²) in [4.78, 5) is 26.0. The molecule has 31 heavy (non-hydrogen) atoms. The van der Waals surface area contributed by atoms with Crippen LogP contribution in [-0.4, -0.2) is 60.3 Å². The third kappa shape index (κ3) is 4.14. The van der Waals surface area contributed by atoms with Gasteiger partial charge in [0.1, 0.15) is 6.04 Å². The van der Waals surface area contributed by atoms with Gasteiger partial charge in [-0.25, -0.2) is 13.2 Å². The van der Waals surface area contributed by atoms with Gasteiger partial charge in [-0.2, -0.15) is 4.31 Å². The summed E-state index contributed by atoms with van der Waals surface area (Å²) in [6.07, 6.45) is 0. The average molecular weight is 459 g/mol. The van der Waals surface area contributed by atoms with E-state index in [4.69, 9.17) is 11.6 Å². The topological polar surface area (TPSA) is 95.0 Å². The van der Waals surface area contributed by atoms with E-state index in [2.05, 4.69) is 0 Å². The largest absolute Gasteiger partial charge is 0.480 e. The van der Waals surface area contributed by atoms with Crippen molar-refractivity contribution in [1.82, 2.24) is 9.21 Å². The molecule has 4 rings (SSSR count). The Morgan fingerprint density at radius 3 is 2.32 bits per heavy atom. The van der Waals surface area contributed by atoms with Gasteiger partial charge < -0.3 is 10.0 Å². The van der Waals surface area contributed by atoms with Crippen molar-refractivity contribution in [2.75, 3.05) is 19.6 Å². The Labute approximate surface area is 184 Å². The minimum absolute atomic E-state index is 0.00332. The molecule has 0 bridgehead atoms. The number of halogens is 1. The highest BCUT2D eigenvalue weighted by Crippen LogP contribution is 2.26. The van der Waals surface area contributed by atoms with Crippen LogP contribution >= 0.6 is 11.6 Å². The van der Waals surface area contributed by atoms with Crippen LogP contribution < -0.4 is 0 Å². The molecule has 1 N–H and O–H groups in total. The van der Waals surface area contributed by atoms with Crippen LogP contribution in [0.4, 0.5) is 0 Å². The molecule has 0 aromatic heterocycles. The van der Waals surface area contributed by atoms with E-state index >= 15 is 0 Å². The number of fused-ring (bicyclic) bond motifs is 1. The fraction of sp³-hybridized carbons (Fsp3) is 0.182. The molecular weight excluding hydrogens is 440 g/mol. The lowest BCUT2D eigenvalue weighted by Gasteiger charge is -2.38. The van der Waals surface area contributed by atoms with Crippen molar-refractivity contribution >= 4 is 44.3 Å². The molecule has 7 nitrogen and oxygen atoms in total. The Kier molecular flexibility index (Phi) is 5.70. The first kappa shape index (κ1) is 21.3. The maximum absolute atomic E-state index is 13.2. The lowest BCUT2D eigenvalue weighted by Crippen LogP contribution is -2.59. The first-order valence-corrected chi connectivity index (χ1v) is 11.4. The van der Waals surface area contributed by atoms with Crippen LogP contribution in [0.25, 0.3) is 10.8 Å². The van der Waals surface area contributed by atoms with Gasteiger partial charge in [-0.05, 0) is 47.2 Å². The molecule has 1 fully saturated rings. The summed E-state index contributed by atoms with van der Waals surface area (Å²) in [6, 6.07) is 16.9. The average Bonchev–Trinajstić information content (AvgIpc) is 2.78. The number of nitrogens with zero attached hydrogens (tertiary/aromatic N) is 2. The van der Waals surface area contributed by atoms with Crippen molar-refractivity contribution in [3.8, 4) is 0 Å². The minimum atomic E-state index is -3.94. The van der Waals surface area contributed by atoms with E-state index in [1.165, 1.54) is 17.0 Å². The molecule has 1 amide bonds. The van der Waals surface area contributed by atoms with Crippen LogP contribution in [0.5, 0.6) is 0 Å². The molecule has 1 aliphatic heterocycles. The van der Waals surface area contributed by atoms with Gasteiger partial charge in [0.25, 0.3) is 5.91 Å². The number of carboxylic acids is 1. The Morgan fingerprint density at radius 2 is 1.61 bits per heavy atom. The fourth-order valence-electron chi connectivity index (χ4n) is 3.68. The second-order valence-corrected chi connectivity index (χ2v) is 9.61. The second-order valence-electron chi connectivity index (χ2n) is 7.23. The van der Waals surface area contributed by atoms with Crippen LogP contribution in [0, 0.1) is 0 Å². The normalized spacial score (nSPS) is 17.6. The molecule has 1 heterocycles. The van der Waals surface area contributed by atoms with Gasteiger partial charge in [-0.1, -0.05) is 41.9 Å². The summed E-state index contributed by atoms with van der Waals surface area (Å²) >= 11 is 5.99. The number of hydrogen-bond donors (Lipinski definition) is 1. The van der Waals surface area contributed by atoms with Gasteiger partial charge >= 0.3 is 5.97 Å². The summed E-state index contributed by atoms with van der Waals surface area (Å²) < 4.78 is 27.6. The molecule has 0 spiro atoms. The van der Waals surface area contributed by atoms with E-state index in [9.17, 15) is 23.1 Å². The highest BCUT2D eigenvalue weighted by molar-refractivity contribution is 7.89.